The summed E-state index contributed by atoms with van der Waals surface area (Å²) < 4.78 is 15.7. The first-order valence-corrected chi connectivity index (χ1v) is 6.99. The molecule has 0 saturated heterocycles. The fourth-order valence-corrected chi connectivity index (χ4v) is 2.29. The first-order valence-electron chi connectivity index (χ1n) is 6.99. The standard InChI is InChI=1S/C15H17FN6/c1-8(2)18-15-19-12(9-6-4-5-7-10(9)16)11-13(17)22(3)21-14(11)20-15/h4-8H,17H2,1-3H3,(H,18,20,21). The molecule has 0 bridgehead atoms. The maximum absolute atomic E-state index is 14.2. The van der Waals surface area contributed by atoms with Crippen molar-refractivity contribution in [2.24, 2.45) is 7.05 Å². The average molecular weight is 300 g/mol. The van der Waals surface area contributed by atoms with Crippen molar-refractivity contribution in [1.29, 1.82) is 0 Å². The summed E-state index contributed by atoms with van der Waals surface area (Å²) in [7, 11) is 1.72. The van der Waals surface area contributed by atoms with Gasteiger partial charge in [0.15, 0.2) is 5.65 Å². The molecule has 6 nitrogen and oxygen atoms in total. The van der Waals surface area contributed by atoms with Crippen LogP contribution in [0.5, 0.6) is 0 Å². The number of hydrogen-bond acceptors (Lipinski definition) is 5. The molecule has 7 heteroatoms. The van der Waals surface area contributed by atoms with Crippen LogP contribution in [0.2, 0.25) is 0 Å². The summed E-state index contributed by atoms with van der Waals surface area (Å²) in [5, 5.41) is 7.95. The fourth-order valence-electron chi connectivity index (χ4n) is 2.29. The van der Waals surface area contributed by atoms with Gasteiger partial charge in [0, 0.05) is 18.7 Å². The first kappa shape index (κ1) is 14.2. The molecular weight excluding hydrogens is 283 g/mol. The van der Waals surface area contributed by atoms with E-state index in [1.807, 2.05) is 13.8 Å². The molecule has 3 aromatic rings. The van der Waals surface area contributed by atoms with Crippen LogP contribution in [-0.2, 0) is 7.05 Å². The van der Waals surface area contributed by atoms with Crippen molar-refractivity contribution in [3.8, 4) is 11.3 Å². The number of nitrogens with zero attached hydrogens (tertiary/aromatic N) is 4. The largest absolute Gasteiger partial charge is 0.383 e. The summed E-state index contributed by atoms with van der Waals surface area (Å²) in [6.45, 7) is 3.95. The molecule has 0 saturated carbocycles. The minimum atomic E-state index is -0.360. The Kier molecular flexibility index (Phi) is 3.40. The molecule has 0 atom stereocenters. The Bertz CT molecular complexity index is 839. The van der Waals surface area contributed by atoms with Gasteiger partial charge < -0.3 is 11.1 Å². The molecule has 0 aliphatic carbocycles. The van der Waals surface area contributed by atoms with Gasteiger partial charge in [-0.05, 0) is 26.0 Å². The van der Waals surface area contributed by atoms with Crippen molar-refractivity contribution in [1.82, 2.24) is 19.7 Å². The Hall–Kier alpha value is -2.70. The van der Waals surface area contributed by atoms with E-state index in [4.69, 9.17) is 5.73 Å². The summed E-state index contributed by atoms with van der Waals surface area (Å²) in [5.41, 5.74) is 7.31. The molecule has 0 fully saturated rings. The number of halogens is 1. The molecule has 3 N–H and O–H groups in total. The number of rotatable bonds is 3. The Balaban J connectivity index is 2.32. The number of nitrogens with two attached hydrogens (primary N) is 1. The summed E-state index contributed by atoms with van der Waals surface area (Å²) in [4.78, 5) is 8.81. The van der Waals surface area contributed by atoms with E-state index in [1.54, 1.807) is 25.2 Å². The number of nitrogen functional groups attached to an aromatic ring is 1. The molecular formula is C15H17FN6. The van der Waals surface area contributed by atoms with Gasteiger partial charge in [-0.2, -0.15) is 10.1 Å². The smallest absolute Gasteiger partial charge is 0.225 e. The maximum atomic E-state index is 14.2. The average Bonchev–Trinajstić information content (AvgIpc) is 2.73. The molecule has 1 aromatic carbocycles. The van der Waals surface area contributed by atoms with Gasteiger partial charge >= 0.3 is 0 Å². The molecule has 0 unspecified atom stereocenters. The number of aryl methyl sites for hydroxylation is 1. The molecule has 22 heavy (non-hydrogen) atoms. The van der Waals surface area contributed by atoms with E-state index in [1.165, 1.54) is 10.7 Å². The molecule has 0 aliphatic heterocycles. The number of aromatic nitrogens is 4. The van der Waals surface area contributed by atoms with Gasteiger partial charge in [0.05, 0.1) is 11.1 Å². The lowest BCUT2D eigenvalue weighted by molar-refractivity contribution is 0.631. The minimum absolute atomic E-state index is 0.145. The normalized spacial score (nSPS) is 11.3. The molecule has 0 spiro atoms. The Morgan fingerprint density at radius 1 is 1.23 bits per heavy atom. The van der Waals surface area contributed by atoms with Crippen molar-refractivity contribution in [3.05, 3.63) is 30.1 Å². The number of fused-ring (bicyclic) bond motifs is 1. The van der Waals surface area contributed by atoms with Crippen LogP contribution in [-0.4, -0.2) is 25.8 Å². The predicted octanol–water partition coefficient (Wildman–Crippen LogP) is 2.57. The zero-order valence-corrected chi connectivity index (χ0v) is 12.6. The summed E-state index contributed by atoms with van der Waals surface area (Å²) in [5.74, 6) is 0.449. The third kappa shape index (κ3) is 2.34. The van der Waals surface area contributed by atoms with Crippen molar-refractivity contribution < 1.29 is 4.39 Å². The van der Waals surface area contributed by atoms with Gasteiger partial charge in [0.1, 0.15) is 11.6 Å². The second-order valence-electron chi connectivity index (χ2n) is 5.38. The van der Waals surface area contributed by atoms with E-state index in [9.17, 15) is 4.39 Å². The van der Waals surface area contributed by atoms with Gasteiger partial charge in [-0.15, -0.1) is 0 Å². The molecule has 0 radical (unpaired) electrons. The molecule has 0 amide bonds. The first-order chi connectivity index (χ1) is 10.5. The van der Waals surface area contributed by atoms with Crippen molar-refractivity contribution in [2.75, 3.05) is 11.1 Å². The SMILES string of the molecule is CC(C)Nc1nc(-c2ccccc2F)c2c(N)n(C)nc2n1. The number of anilines is 2. The van der Waals surface area contributed by atoms with Gasteiger partial charge in [-0.3, -0.25) is 4.68 Å². The van der Waals surface area contributed by atoms with E-state index < -0.39 is 0 Å². The second kappa shape index (κ2) is 5.25. The highest BCUT2D eigenvalue weighted by atomic mass is 19.1. The molecule has 0 aliphatic rings. The van der Waals surface area contributed by atoms with Crippen LogP contribution in [0, 0.1) is 5.82 Å². The zero-order chi connectivity index (χ0) is 15.9. The van der Waals surface area contributed by atoms with Crippen LogP contribution < -0.4 is 11.1 Å². The van der Waals surface area contributed by atoms with Crippen molar-refractivity contribution >= 4 is 22.8 Å². The van der Waals surface area contributed by atoms with E-state index in [0.717, 1.165) is 0 Å². The maximum Gasteiger partial charge on any atom is 0.225 e. The van der Waals surface area contributed by atoms with Gasteiger partial charge in [-0.1, -0.05) is 12.1 Å². The summed E-state index contributed by atoms with van der Waals surface area (Å²) in [6, 6.07) is 6.60. The second-order valence-corrected chi connectivity index (χ2v) is 5.38. The van der Waals surface area contributed by atoms with Crippen LogP contribution >= 0.6 is 0 Å². The molecule has 3 rings (SSSR count). The monoisotopic (exact) mass is 300 g/mol. The van der Waals surface area contributed by atoms with Crippen LogP contribution in [0.15, 0.2) is 24.3 Å². The third-order valence-corrected chi connectivity index (χ3v) is 3.29. The minimum Gasteiger partial charge on any atom is -0.383 e. The quantitative estimate of drug-likeness (QED) is 0.777. The van der Waals surface area contributed by atoms with Gasteiger partial charge in [-0.25, -0.2) is 9.37 Å². The molecule has 2 heterocycles. The topological polar surface area (TPSA) is 81.6 Å². The van der Waals surface area contributed by atoms with E-state index in [2.05, 4.69) is 20.4 Å². The summed E-state index contributed by atoms with van der Waals surface area (Å²) in [6.07, 6.45) is 0. The predicted molar refractivity (Wildman–Crippen MR) is 84.9 cm³/mol. The molecule has 114 valence electrons. The van der Waals surface area contributed by atoms with E-state index in [0.29, 0.717) is 34.1 Å². The highest BCUT2D eigenvalue weighted by Crippen LogP contribution is 2.32. The van der Waals surface area contributed by atoms with E-state index >= 15 is 0 Å². The van der Waals surface area contributed by atoms with Crippen LogP contribution in [0.4, 0.5) is 16.2 Å². The van der Waals surface area contributed by atoms with Crippen molar-refractivity contribution in [2.45, 2.75) is 19.9 Å². The molecule has 2 aromatic heterocycles. The number of nitrogens with one attached hydrogen (secondary N) is 1. The van der Waals surface area contributed by atoms with Crippen LogP contribution in [0.25, 0.3) is 22.3 Å². The number of benzene rings is 1. The van der Waals surface area contributed by atoms with E-state index in [-0.39, 0.29) is 11.9 Å². The van der Waals surface area contributed by atoms with Gasteiger partial charge in [0.25, 0.3) is 0 Å². The summed E-state index contributed by atoms with van der Waals surface area (Å²) >= 11 is 0. The highest BCUT2D eigenvalue weighted by Gasteiger charge is 2.19. The third-order valence-electron chi connectivity index (χ3n) is 3.29. The lowest BCUT2D eigenvalue weighted by atomic mass is 10.1. The Morgan fingerprint density at radius 3 is 2.64 bits per heavy atom. The zero-order valence-electron chi connectivity index (χ0n) is 12.6. The lowest BCUT2D eigenvalue weighted by Gasteiger charge is -2.10. The van der Waals surface area contributed by atoms with Crippen LogP contribution in [0.3, 0.4) is 0 Å². The van der Waals surface area contributed by atoms with Crippen molar-refractivity contribution in [3.63, 3.8) is 0 Å². The number of hydrogen-bond donors (Lipinski definition) is 2. The lowest BCUT2D eigenvalue weighted by Crippen LogP contribution is -2.13. The fraction of sp³-hybridized carbons (Fsp3) is 0.267. The Labute approximate surface area is 127 Å². The highest BCUT2D eigenvalue weighted by molar-refractivity contribution is 5.98. The van der Waals surface area contributed by atoms with Gasteiger partial charge in [0.2, 0.25) is 5.95 Å². The van der Waals surface area contributed by atoms with Crippen LogP contribution in [0.1, 0.15) is 13.8 Å². The Morgan fingerprint density at radius 2 is 1.95 bits per heavy atom.